The quantitative estimate of drug-likeness (QED) is 0.235. The summed E-state index contributed by atoms with van der Waals surface area (Å²) in [6, 6.07) is 0. The van der Waals surface area contributed by atoms with Crippen molar-refractivity contribution in [1.29, 1.82) is 0 Å². The van der Waals surface area contributed by atoms with Gasteiger partial charge in [0.25, 0.3) is 0 Å². The lowest BCUT2D eigenvalue weighted by atomic mass is 9.32. The fourth-order valence-electron chi connectivity index (χ4n) is 8.71. The van der Waals surface area contributed by atoms with Crippen LogP contribution in [0.1, 0.15) is 187 Å². The Morgan fingerprint density at radius 2 is 0.375 bits per heavy atom. The van der Waals surface area contributed by atoms with E-state index in [1.807, 2.05) is 0 Å². The van der Waals surface area contributed by atoms with E-state index in [4.69, 9.17) is 0 Å². The first kappa shape index (κ1) is 40.0. The minimum absolute atomic E-state index is 0.0293. The molecule has 0 aromatic heterocycles. The number of rotatable bonds is 11. The largest absolute Gasteiger partial charge is 0.0622 e. The highest BCUT2D eigenvalue weighted by Gasteiger charge is 2.69. The van der Waals surface area contributed by atoms with Gasteiger partial charge < -0.3 is 0 Å². The van der Waals surface area contributed by atoms with Crippen LogP contribution in [-0.4, -0.2) is 0 Å². The summed E-state index contributed by atoms with van der Waals surface area (Å²) >= 11 is 0. The number of hydrogen-bond acceptors (Lipinski definition) is 0. The Bertz CT molecular complexity index is 879. The molecule has 40 heavy (non-hydrogen) atoms. The standard InChI is InChI=1S/C40H82/c1-28(2)30(6,7)32(10,11)34(14,15)36(18,19)38(22,23)40(26,27)39(24,25)37(20,21)35(16,17)33(12,13)31(8,9)29(3,4)5/h28H,1-27H3. The van der Waals surface area contributed by atoms with Gasteiger partial charge in [-0.15, -0.1) is 0 Å². The summed E-state index contributed by atoms with van der Waals surface area (Å²) in [7, 11) is 0. The van der Waals surface area contributed by atoms with E-state index >= 15 is 0 Å². The highest BCUT2D eigenvalue weighted by atomic mass is 14.7. The maximum atomic E-state index is 2.60. The molecule has 0 rings (SSSR count). The van der Waals surface area contributed by atoms with Crippen LogP contribution in [-0.2, 0) is 0 Å². The van der Waals surface area contributed by atoms with Crippen LogP contribution in [0.4, 0.5) is 0 Å². The summed E-state index contributed by atoms with van der Waals surface area (Å²) in [4.78, 5) is 0. The van der Waals surface area contributed by atoms with E-state index in [-0.39, 0.29) is 65.0 Å². The molecule has 0 aliphatic carbocycles. The topological polar surface area (TPSA) is 0 Å². The van der Waals surface area contributed by atoms with E-state index in [2.05, 4.69) is 187 Å². The highest BCUT2D eigenvalue weighted by molar-refractivity contribution is 5.17. The second-order valence-corrected chi connectivity index (χ2v) is 21.4. The molecule has 0 saturated carbocycles. The summed E-state index contributed by atoms with van der Waals surface area (Å²) in [5.41, 5.74) is 1.10. The first-order valence-corrected chi connectivity index (χ1v) is 16.7. The van der Waals surface area contributed by atoms with E-state index in [0.29, 0.717) is 5.92 Å². The van der Waals surface area contributed by atoms with Crippen molar-refractivity contribution in [3.63, 3.8) is 0 Å². The molecule has 0 N–H and O–H groups in total. The maximum absolute atomic E-state index is 2.60. The zero-order valence-electron chi connectivity index (χ0n) is 33.6. The van der Waals surface area contributed by atoms with Crippen LogP contribution < -0.4 is 0 Å². The number of hydrogen-bond donors (Lipinski definition) is 0. The Morgan fingerprint density at radius 3 is 0.525 bits per heavy atom. The summed E-state index contributed by atoms with van der Waals surface area (Å²) in [6.45, 7) is 68.6. The summed E-state index contributed by atoms with van der Waals surface area (Å²) in [6.07, 6.45) is 0. The van der Waals surface area contributed by atoms with Crippen LogP contribution in [0.15, 0.2) is 0 Å². The predicted octanol–water partition coefficient (Wildman–Crippen LogP) is 14.0. The average molecular weight is 563 g/mol. The zero-order valence-corrected chi connectivity index (χ0v) is 33.6. The fourth-order valence-corrected chi connectivity index (χ4v) is 8.71. The molecule has 0 aliphatic rings. The molecule has 0 aromatic rings. The third-order valence-corrected chi connectivity index (χ3v) is 19.0. The molecule has 0 bridgehead atoms. The van der Waals surface area contributed by atoms with Gasteiger partial charge in [-0.1, -0.05) is 187 Å². The summed E-state index contributed by atoms with van der Waals surface area (Å²) < 4.78 is 0. The molecule has 0 saturated heterocycles. The van der Waals surface area contributed by atoms with Crippen molar-refractivity contribution >= 4 is 0 Å². The first-order chi connectivity index (χ1) is 16.7. The molecule has 0 spiro atoms. The Kier molecular flexibility index (Phi) is 10.0. The average Bonchev–Trinajstić information content (AvgIpc) is 2.71. The van der Waals surface area contributed by atoms with Gasteiger partial charge in [-0.25, -0.2) is 0 Å². The molecule has 0 aromatic carbocycles. The van der Waals surface area contributed by atoms with E-state index in [9.17, 15) is 0 Å². The first-order valence-electron chi connectivity index (χ1n) is 16.7. The fraction of sp³-hybridized carbons (Fsp3) is 1.00. The molecule has 242 valence electrons. The summed E-state index contributed by atoms with van der Waals surface area (Å²) in [5, 5.41) is 0. The molecule has 0 nitrogen and oxygen atoms in total. The molecule has 0 radical (unpaired) electrons. The van der Waals surface area contributed by atoms with Crippen LogP contribution in [0.3, 0.4) is 0 Å². The lowest BCUT2D eigenvalue weighted by molar-refractivity contribution is -0.246. The maximum Gasteiger partial charge on any atom is -0.0241 e. The predicted molar refractivity (Wildman–Crippen MR) is 186 cm³/mol. The molecular weight excluding hydrogens is 480 g/mol. The van der Waals surface area contributed by atoms with Gasteiger partial charge in [-0.05, 0) is 70.9 Å². The van der Waals surface area contributed by atoms with Gasteiger partial charge >= 0.3 is 0 Å². The second-order valence-electron chi connectivity index (χ2n) is 21.4. The van der Waals surface area contributed by atoms with Gasteiger partial charge in [0.15, 0.2) is 0 Å². The van der Waals surface area contributed by atoms with Crippen molar-refractivity contribution in [2.24, 2.45) is 70.9 Å². The van der Waals surface area contributed by atoms with Crippen molar-refractivity contribution in [3.8, 4) is 0 Å². The van der Waals surface area contributed by atoms with Crippen molar-refractivity contribution in [2.45, 2.75) is 187 Å². The van der Waals surface area contributed by atoms with Gasteiger partial charge in [0.2, 0.25) is 0 Å². The van der Waals surface area contributed by atoms with E-state index in [1.54, 1.807) is 0 Å². The lowest BCUT2D eigenvalue weighted by Gasteiger charge is -2.73. The summed E-state index contributed by atoms with van der Waals surface area (Å²) in [5.74, 6) is 0.610. The van der Waals surface area contributed by atoms with Crippen molar-refractivity contribution in [2.75, 3.05) is 0 Å². The van der Waals surface area contributed by atoms with E-state index in [0.717, 1.165) is 0 Å². The second kappa shape index (κ2) is 10.0. The SMILES string of the molecule is CC(C)C(C)(C)C(C)(C)C(C)(C)C(C)(C)C(C)(C)C(C)(C)C(C)(C)C(C)(C)C(C)(C)C(C)(C)C(C)(C)C(C)(C)C. The van der Waals surface area contributed by atoms with Gasteiger partial charge in [-0.2, -0.15) is 0 Å². The molecule has 0 fully saturated rings. The van der Waals surface area contributed by atoms with E-state index in [1.165, 1.54) is 0 Å². The minimum atomic E-state index is 0.0293. The molecule has 0 atom stereocenters. The molecule has 0 heterocycles. The smallest absolute Gasteiger partial charge is 0.0241 e. The normalized spacial score (nSPS) is 17.1. The van der Waals surface area contributed by atoms with E-state index < -0.39 is 0 Å². The molecule has 0 heteroatoms. The van der Waals surface area contributed by atoms with Crippen LogP contribution in [0.2, 0.25) is 0 Å². The lowest BCUT2D eigenvalue weighted by Crippen LogP contribution is -2.66. The van der Waals surface area contributed by atoms with Crippen LogP contribution in [0.5, 0.6) is 0 Å². The van der Waals surface area contributed by atoms with Crippen molar-refractivity contribution < 1.29 is 0 Å². The van der Waals surface area contributed by atoms with Gasteiger partial charge in [0.05, 0.1) is 0 Å². The molecule has 0 aliphatic heterocycles. The third kappa shape index (κ3) is 4.72. The Morgan fingerprint density at radius 1 is 0.225 bits per heavy atom. The molecule has 0 unspecified atom stereocenters. The monoisotopic (exact) mass is 563 g/mol. The van der Waals surface area contributed by atoms with Gasteiger partial charge in [0.1, 0.15) is 0 Å². The highest BCUT2D eigenvalue weighted by Crippen LogP contribution is 2.75. The van der Waals surface area contributed by atoms with Crippen molar-refractivity contribution in [1.82, 2.24) is 0 Å². The third-order valence-electron chi connectivity index (χ3n) is 19.0. The van der Waals surface area contributed by atoms with Crippen LogP contribution in [0, 0.1) is 70.9 Å². The molecular formula is C40H82. The Balaban J connectivity index is 7.35. The van der Waals surface area contributed by atoms with Crippen molar-refractivity contribution in [3.05, 3.63) is 0 Å². The van der Waals surface area contributed by atoms with Crippen LogP contribution >= 0.6 is 0 Å². The van der Waals surface area contributed by atoms with Gasteiger partial charge in [0, 0.05) is 0 Å². The Hall–Kier alpha value is 0. The Labute approximate surface area is 257 Å². The minimum Gasteiger partial charge on any atom is -0.0622 e. The molecule has 0 amide bonds. The van der Waals surface area contributed by atoms with Gasteiger partial charge in [-0.3, -0.25) is 0 Å². The van der Waals surface area contributed by atoms with Crippen LogP contribution in [0.25, 0.3) is 0 Å². The zero-order chi connectivity index (χ0) is 33.6.